The van der Waals surface area contributed by atoms with Crippen LogP contribution in [0.2, 0.25) is 0 Å². The van der Waals surface area contributed by atoms with Crippen LogP contribution < -0.4 is 10.6 Å². The summed E-state index contributed by atoms with van der Waals surface area (Å²) in [6.07, 6.45) is 1.60. The van der Waals surface area contributed by atoms with Gasteiger partial charge in [-0.3, -0.25) is 4.79 Å². The minimum atomic E-state index is -3.87. The van der Waals surface area contributed by atoms with Gasteiger partial charge in [0.2, 0.25) is 9.84 Å². The highest BCUT2D eigenvalue weighted by molar-refractivity contribution is 7.97. The Hall–Kier alpha value is -2.86. The lowest BCUT2D eigenvalue weighted by Gasteiger charge is -2.09. The summed E-state index contributed by atoms with van der Waals surface area (Å²) < 4.78 is 25.6. The van der Waals surface area contributed by atoms with Gasteiger partial charge in [0.15, 0.2) is 4.91 Å². The van der Waals surface area contributed by atoms with Crippen LogP contribution in [-0.2, 0) is 14.6 Å². The number of amides is 1. The van der Waals surface area contributed by atoms with Crippen LogP contribution in [0.5, 0.6) is 0 Å². The molecule has 6 heteroatoms. The summed E-state index contributed by atoms with van der Waals surface area (Å²) >= 11 is 0. The number of hydrogen-bond acceptors (Lipinski definition) is 4. The van der Waals surface area contributed by atoms with Crippen LogP contribution in [-0.4, -0.2) is 20.9 Å². The normalized spacial score (nSPS) is 14.8. The van der Waals surface area contributed by atoms with E-state index in [1.165, 1.54) is 6.07 Å². The molecular weight excluding hydrogens is 324 g/mol. The second-order valence-electron chi connectivity index (χ2n) is 5.19. The van der Waals surface area contributed by atoms with Crippen molar-refractivity contribution in [2.45, 2.75) is 4.90 Å². The zero-order valence-corrected chi connectivity index (χ0v) is 13.6. The molecule has 5 nitrogen and oxygen atoms in total. The van der Waals surface area contributed by atoms with Gasteiger partial charge in [0.05, 0.1) is 10.6 Å². The van der Waals surface area contributed by atoms with Crippen LogP contribution in [0, 0.1) is 0 Å². The topological polar surface area (TPSA) is 75.3 Å². The fourth-order valence-corrected chi connectivity index (χ4v) is 4.25. The van der Waals surface area contributed by atoms with E-state index in [4.69, 9.17) is 0 Å². The van der Waals surface area contributed by atoms with Crippen molar-refractivity contribution in [3.8, 4) is 0 Å². The Balaban J connectivity index is 2.08. The minimum absolute atomic E-state index is 0.134. The van der Waals surface area contributed by atoms with Gasteiger partial charge in [-0.05, 0) is 18.2 Å². The van der Waals surface area contributed by atoms with Gasteiger partial charge in [0.25, 0.3) is 5.91 Å². The van der Waals surface area contributed by atoms with Gasteiger partial charge in [0.1, 0.15) is 0 Å². The summed E-state index contributed by atoms with van der Waals surface area (Å²) in [7, 11) is -3.87. The van der Waals surface area contributed by atoms with E-state index in [0.717, 1.165) is 0 Å². The largest absolute Gasteiger partial charge is 0.380 e. The molecule has 0 unspecified atom stereocenters. The first-order valence-corrected chi connectivity index (χ1v) is 8.84. The second kappa shape index (κ2) is 6.33. The van der Waals surface area contributed by atoms with Gasteiger partial charge in [-0.2, -0.15) is 0 Å². The fraction of sp³-hybridized carbons (Fsp3) is 0.0556. The number of hydrogen-bond donors (Lipinski definition) is 2. The van der Waals surface area contributed by atoms with Crippen LogP contribution >= 0.6 is 0 Å². The molecule has 0 fully saturated rings. The lowest BCUT2D eigenvalue weighted by atomic mass is 10.1. The third-order valence-corrected chi connectivity index (χ3v) is 5.46. The lowest BCUT2D eigenvalue weighted by molar-refractivity contribution is -0.112. The number of benzene rings is 2. The molecule has 1 amide bonds. The summed E-state index contributed by atoms with van der Waals surface area (Å²) in [6, 6.07) is 15.3. The number of fused-ring (bicyclic) bond motifs is 1. The van der Waals surface area contributed by atoms with Crippen LogP contribution in [0.25, 0.3) is 5.70 Å². The zero-order chi connectivity index (χ0) is 17.2. The quantitative estimate of drug-likeness (QED) is 0.820. The summed E-state index contributed by atoms with van der Waals surface area (Å²) in [5.41, 5.74) is 1.33. The van der Waals surface area contributed by atoms with Crippen molar-refractivity contribution in [2.24, 2.45) is 0 Å². The van der Waals surface area contributed by atoms with Gasteiger partial charge in [-0.1, -0.05) is 42.5 Å². The fourth-order valence-electron chi connectivity index (χ4n) is 2.57. The van der Waals surface area contributed by atoms with Crippen LogP contribution in [0.3, 0.4) is 0 Å². The predicted octanol–water partition coefficient (Wildman–Crippen LogP) is 2.56. The molecule has 2 aromatic rings. The van der Waals surface area contributed by atoms with E-state index < -0.39 is 15.7 Å². The van der Waals surface area contributed by atoms with Crippen molar-refractivity contribution in [3.05, 3.63) is 77.7 Å². The van der Waals surface area contributed by atoms with E-state index in [1.807, 2.05) is 6.07 Å². The molecule has 0 radical (unpaired) electrons. The standard InChI is InChI=1S/C18H16N2O3S/c1-2-12-19-16-14-10-6-7-11-15(14)24(22,23)17(16)18(21)20-13-8-4-3-5-9-13/h2-11,19H,1,12H2,(H,20,21). The molecule has 0 atom stereocenters. The van der Waals surface area contributed by atoms with Crippen molar-refractivity contribution in [1.82, 2.24) is 5.32 Å². The summed E-state index contributed by atoms with van der Waals surface area (Å²) in [6.45, 7) is 3.97. The number of sulfone groups is 1. The maximum Gasteiger partial charge on any atom is 0.269 e. The molecule has 1 aliphatic rings. The monoisotopic (exact) mass is 340 g/mol. The third kappa shape index (κ3) is 2.72. The summed E-state index contributed by atoms with van der Waals surface area (Å²) in [4.78, 5) is 12.5. The Morgan fingerprint density at radius 2 is 1.71 bits per heavy atom. The van der Waals surface area contributed by atoms with Crippen molar-refractivity contribution >= 4 is 27.1 Å². The molecule has 122 valence electrons. The van der Waals surface area contributed by atoms with Crippen molar-refractivity contribution in [2.75, 3.05) is 11.9 Å². The van der Waals surface area contributed by atoms with Gasteiger partial charge in [-0.25, -0.2) is 8.42 Å². The predicted molar refractivity (Wildman–Crippen MR) is 93.8 cm³/mol. The molecular formula is C18H16N2O3S. The smallest absolute Gasteiger partial charge is 0.269 e. The van der Waals surface area contributed by atoms with Crippen LogP contribution in [0.15, 0.2) is 77.1 Å². The van der Waals surface area contributed by atoms with Gasteiger partial charge in [-0.15, -0.1) is 6.58 Å². The highest BCUT2D eigenvalue weighted by atomic mass is 32.2. The average molecular weight is 340 g/mol. The molecule has 24 heavy (non-hydrogen) atoms. The molecule has 0 saturated heterocycles. The Kier molecular flexibility index (Phi) is 4.22. The maximum atomic E-state index is 12.8. The number of para-hydroxylation sites is 1. The van der Waals surface area contributed by atoms with Crippen molar-refractivity contribution < 1.29 is 13.2 Å². The maximum absolute atomic E-state index is 12.8. The number of rotatable bonds is 5. The molecule has 1 heterocycles. The second-order valence-corrected chi connectivity index (χ2v) is 7.05. The van der Waals surface area contributed by atoms with Gasteiger partial charge >= 0.3 is 0 Å². The van der Waals surface area contributed by atoms with Crippen LogP contribution in [0.4, 0.5) is 5.69 Å². The molecule has 0 aliphatic carbocycles. The Morgan fingerprint density at radius 1 is 1.04 bits per heavy atom. The van der Waals surface area contributed by atoms with Gasteiger partial charge in [0, 0.05) is 17.8 Å². The Bertz CT molecular complexity index is 932. The van der Waals surface area contributed by atoms with Crippen molar-refractivity contribution in [3.63, 3.8) is 0 Å². The first kappa shape index (κ1) is 16.0. The first-order valence-electron chi connectivity index (χ1n) is 7.35. The zero-order valence-electron chi connectivity index (χ0n) is 12.8. The van der Waals surface area contributed by atoms with E-state index in [2.05, 4.69) is 17.2 Å². The van der Waals surface area contributed by atoms with E-state index in [0.29, 0.717) is 23.5 Å². The highest BCUT2D eigenvalue weighted by Gasteiger charge is 2.39. The lowest BCUT2D eigenvalue weighted by Crippen LogP contribution is -2.22. The number of nitrogens with one attached hydrogen (secondary N) is 2. The van der Waals surface area contributed by atoms with E-state index >= 15 is 0 Å². The van der Waals surface area contributed by atoms with E-state index in [9.17, 15) is 13.2 Å². The van der Waals surface area contributed by atoms with E-state index in [-0.39, 0.29) is 9.80 Å². The molecule has 0 aromatic heterocycles. The minimum Gasteiger partial charge on any atom is -0.380 e. The Labute approximate surface area is 140 Å². The number of carbonyl (C=O) groups excluding carboxylic acids is 1. The summed E-state index contributed by atoms with van der Waals surface area (Å²) in [5.74, 6) is -0.663. The molecule has 1 aliphatic heterocycles. The van der Waals surface area contributed by atoms with Gasteiger partial charge < -0.3 is 10.6 Å². The number of carbonyl (C=O) groups is 1. The average Bonchev–Trinajstić information content (AvgIpc) is 2.81. The molecule has 2 N–H and O–H groups in total. The SMILES string of the molecule is C=CCNC1=C(C(=O)Nc2ccccc2)S(=O)(=O)c2ccccc21. The molecule has 0 spiro atoms. The summed E-state index contributed by atoms with van der Waals surface area (Å²) in [5, 5.41) is 5.62. The molecule has 3 rings (SSSR count). The van der Waals surface area contributed by atoms with E-state index in [1.54, 1.807) is 48.5 Å². The molecule has 2 aromatic carbocycles. The van der Waals surface area contributed by atoms with Crippen LogP contribution in [0.1, 0.15) is 5.56 Å². The Morgan fingerprint density at radius 3 is 2.42 bits per heavy atom. The highest BCUT2D eigenvalue weighted by Crippen LogP contribution is 2.38. The third-order valence-electron chi connectivity index (χ3n) is 3.60. The molecule has 0 bridgehead atoms. The van der Waals surface area contributed by atoms with Crippen molar-refractivity contribution in [1.29, 1.82) is 0 Å². The number of anilines is 1. The first-order chi connectivity index (χ1) is 11.6. The molecule has 0 saturated carbocycles.